The number of rotatable bonds is 2. The molecule has 0 saturated heterocycles. The van der Waals surface area contributed by atoms with Crippen molar-refractivity contribution in [1.82, 2.24) is 0 Å². The second-order valence-corrected chi connectivity index (χ2v) is 4.68. The first-order valence-electron chi connectivity index (χ1n) is 6.22. The maximum atomic E-state index is 13.5. The predicted octanol–water partition coefficient (Wildman–Crippen LogP) is 2.71. The first kappa shape index (κ1) is 13.2. The fraction of sp³-hybridized carbons (Fsp3) is 0.0667. The van der Waals surface area contributed by atoms with Crippen molar-refractivity contribution in [1.29, 1.82) is 0 Å². The van der Waals surface area contributed by atoms with E-state index in [4.69, 9.17) is 0 Å². The Balaban J connectivity index is 1.85. The molecule has 2 aromatic rings. The summed E-state index contributed by atoms with van der Waals surface area (Å²) in [6, 6.07) is 7.49. The zero-order valence-electron chi connectivity index (χ0n) is 10.7. The Hall–Kier alpha value is -2.76. The van der Waals surface area contributed by atoms with E-state index in [2.05, 4.69) is 10.6 Å². The van der Waals surface area contributed by atoms with Crippen LogP contribution in [0.25, 0.3) is 0 Å². The SMILES string of the molecule is O=C1Cc2cc(C(=O)Nc3cc(F)ccc3F)ccc2N1. The zero-order chi connectivity index (χ0) is 15.0. The molecule has 0 saturated carbocycles. The maximum Gasteiger partial charge on any atom is 0.255 e. The molecule has 1 aliphatic heterocycles. The number of halogens is 2. The van der Waals surface area contributed by atoms with Crippen LogP contribution in [-0.4, -0.2) is 11.8 Å². The molecule has 0 atom stereocenters. The Kier molecular flexibility index (Phi) is 3.13. The molecule has 3 rings (SSSR count). The molecule has 2 amide bonds. The van der Waals surface area contributed by atoms with E-state index in [1.54, 1.807) is 12.1 Å². The molecule has 0 spiro atoms. The second-order valence-electron chi connectivity index (χ2n) is 4.68. The number of anilines is 2. The van der Waals surface area contributed by atoms with E-state index in [-0.39, 0.29) is 23.6 Å². The molecule has 4 nitrogen and oxygen atoms in total. The Morgan fingerprint density at radius 1 is 1.14 bits per heavy atom. The predicted molar refractivity (Wildman–Crippen MR) is 73.1 cm³/mol. The van der Waals surface area contributed by atoms with Gasteiger partial charge in [0, 0.05) is 17.3 Å². The molecule has 0 aliphatic carbocycles. The summed E-state index contributed by atoms with van der Waals surface area (Å²) < 4.78 is 26.5. The van der Waals surface area contributed by atoms with Crippen molar-refractivity contribution in [2.75, 3.05) is 10.6 Å². The smallest absolute Gasteiger partial charge is 0.255 e. The third-order valence-electron chi connectivity index (χ3n) is 3.17. The van der Waals surface area contributed by atoms with Gasteiger partial charge in [-0.05, 0) is 35.9 Å². The first-order chi connectivity index (χ1) is 10.0. The van der Waals surface area contributed by atoms with Crippen molar-refractivity contribution >= 4 is 23.2 Å². The molecule has 2 N–H and O–H groups in total. The van der Waals surface area contributed by atoms with Gasteiger partial charge in [-0.2, -0.15) is 0 Å². The van der Waals surface area contributed by atoms with Crippen LogP contribution in [0.15, 0.2) is 36.4 Å². The summed E-state index contributed by atoms with van der Waals surface area (Å²) in [5, 5.41) is 4.96. The summed E-state index contributed by atoms with van der Waals surface area (Å²) in [4.78, 5) is 23.3. The number of benzene rings is 2. The van der Waals surface area contributed by atoms with E-state index in [1.165, 1.54) is 6.07 Å². The van der Waals surface area contributed by atoms with Gasteiger partial charge in [0.25, 0.3) is 5.91 Å². The number of fused-ring (bicyclic) bond motifs is 1. The van der Waals surface area contributed by atoms with Crippen LogP contribution in [0, 0.1) is 11.6 Å². The van der Waals surface area contributed by atoms with Gasteiger partial charge in [0.05, 0.1) is 12.1 Å². The average Bonchev–Trinajstić information content (AvgIpc) is 2.81. The summed E-state index contributed by atoms with van der Waals surface area (Å²) in [7, 11) is 0. The topological polar surface area (TPSA) is 58.2 Å². The Morgan fingerprint density at radius 2 is 1.95 bits per heavy atom. The number of carbonyl (C=O) groups excluding carboxylic acids is 2. The van der Waals surface area contributed by atoms with E-state index in [0.717, 1.165) is 18.2 Å². The minimum Gasteiger partial charge on any atom is -0.326 e. The average molecular weight is 288 g/mol. The molecule has 0 aromatic heterocycles. The first-order valence-corrected chi connectivity index (χ1v) is 6.22. The third-order valence-corrected chi connectivity index (χ3v) is 3.17. The quantitative estimate of drug-likeness (QED) is 0.892. The molecule has 0 unspecified atom stereocenters. The molecule has 106 valence electrons. The van der Waals surface area contributed by atoms with Gasteiger partial charge in [0.15, 0.2) is 0 Å². The van der Waals surface area contributed by atoms with Crippen LogP contribution < -0.4 is 10.6 Å². The van der Waals surface area contributed by atoms with Gasteiger partial charge in [-0.3, -0.25) is 9.59 Å². The molecule has 21 heavy (non-hydrogen) atoms. The molecule has 2 aromatic carbocycles. The van der Waals surface area contributed by atoms with Crippen LogP contribution in [0.5, 0.6) is 0 Å². The summed E-state index contributed by atoms with van der Waals surface area (Å²) in [6.45, 7) is 0. The van der Waals surface area contributed by atoms with Gasteiger partial charge in [-0.1, -0.05) is 0 Å². The lowest BCUT2D eigenvalue weighted by Crippen LogP contribution is -2.13. The number of carbonyl (C=O) groups is 2. The van der Waals surface area contributed by atoms with E-state index in [9.17, 15) is 18.4 Å². The highest BCUT2D eigenvalue weighted by atomic mass is 19.1. The second kappa shape index (κ2) is 4.97. The van der Waals surface area contributed by atoms with Crippen molar-refractivity contribution in [3.8, 4) is 0 Å². The fourth-order valence-electron chi connectivity index (χ4n) is 2.16. The minimum absolute atomic E-state index is 0.140. The molecule has 0 fully saturated rings. The largest absolute Gasteiger partial charge is 0.326 e. The number of hydrogen-bond donors (Lipinski definition) is 2. The number of nitrogens with one attached hydrogen (secondary N) is 2. The summed E-state index contributed by atoms with van der Waals surface area (Å²) in [5.41, 5.74) is 1.41. The minimum atomic E-state index is -0.720. The maximum absolute atomic E-state index is 13.5. The number of amides is 2. The highest BCUT2D eigenvalue weighted by Gasteiger charge is 2.19. The van der Waals surface area contributed by atoms with Crippen LogP contribution in [0.1, 0.15) is 15.9 Å². The summed E-state index contributed by atoms with van der Waals surface area (Å²) in [5.74, 6) is -2.07. The van der Waals surface area contributed by atoms with Crippen LogP contribution in [0.4, 0.5) is 20.2 Å². The van der Waals surface area contributed by atoms with E-state index < -0.39 is 17.5 Å². The lowest BCUT2D eigenvalue weighted by molar-refractivity contribution is -0.115. The molecule has 6 heteroatoms. The lowest BCUT2D eigenvalue weighted by atomic mass is 10.1. The van der Waals surface area contributed by atoms with Crippen molar-refractivity contribution in [2.45, 2.75) is 6.42 Å². The number of hydrogen-bond acceptors (Lipinski definition) is 2. The van der Waals surface area contributed by atoms with Crippen molar-refractivity contribution in [3.63, 3.8) is 0 Å². The summed E-state index contributed by atoms with van der Waals surface area (Å²) in [6.07, 6.45) is 0.199. The highest BCUT2D eigenvalue weighted by Crippen LogP contribution is 2.24. The van der Waals surface area contributed by atoms with Crippen molar-refractivity contribution < 1.29 is 18.4 Å². The van der Waals surface area contributed by atoms with Crippen LogP contribution in [-0.2, 0) is 11.2 Å². The third kappa shape index (κ3) is 2.60. The Bertz CT molecular complexity index is 759. The van der Waals surface area contributed by atoms with Crippen molar-refractivity contribution in [2.24, 2.45) is 0 Å². The Labute approximate surface area is 118 Å². The van der Waals surface area contributed by atoms with Gasteiger partial charge < -0.3 is 10.6 Å². The van der Waals surface area contributed by atoms with Gasteiger partial charge in [-0.15, -0.1) is 0 Å². The lowest BCUT2D eigenvalue weighted by Gasteiger charge is -2.07. The summed E-state index contributed by atoms with van der Waals surface area (Å²) >= 11 is 0. The van der Waals surface area contributed by atoms with Crippen molar-refractivity contribution in [3.05, 3.63) is 59.2 Å². The van der Waals surface area contributed by atoms with E-state index >= 15 is 0 Å². The standard InChI is InChI=1S/C15H10F2N2O2/c16-10-2-3-11(17)13(7-10)19-15(21)8-1-4-12-9(5-8)6-14(20)18-12/h1-5,7H,6H2,(H,18,20)(H,19,21). The van der Waals surface area contributed by atoms with Gasteiger partial charge in [-0.25, -0.2) is 8.78 Å². The van der Waals surface area contributed by atoms with Gasteiger partial charge >= 0.3 is 0 Å². The van der Waals surface area contributed by atoms with Crippen LogP contribution in [0.3, 0.4) is 0 Å². The molecular formula is C15H10F2N2O2. The molecule has 1 heterocycles. The monoisotopic (exact) mass is 288 g/mol. The molecule has 1 aliphatic rings. The molecular weight excluding hydrogens is 278 g/mol. The molecule has 0 bridgehead atoms. The van der Waals surface area contributed by atoms with Gasteiger partial charge in [0.2, 0.25) is 5.91 Å². The van der Waals surface area contributed by atoms with Crippen LogP contribution in [0.2, 0.25) is 0 Å². The zero-order valence-corrected chi connectivity index (χ0v) is 10.7. The van der Waals surface area contributed by atoms with Crippen LogP contribution >= 0.6 is 0 Å². The van der Waals surface area contributed by atoms with E-state index in [0.29, 0.717) is 11.3 Å². The fourth-order valence-corrected chi connectivity index (χ4v) is 2.16. The molecule has 0 radical (unpaired) electrons. The normalized spacial score (nSPS) is 12.8. The van der Waals surface area contributed by atoms with E-state index in [1.807, 2.05) is 0 Å². The Morgan fingerprint density at radius 3 is 2.76 bits per heavy atom. The van der Waals surface area contributed by atoms with Gasteiger partial charge in [0.1, 0.15) is 11.6 Å². The highest BCUT2D eigenvalue weighted by molar-refractivity contribution is 6.06.